The fourth-order valence-electron chi connectivity index (χ4n) is 1.59. The van der Waals surface area contributed by atoms with Crippen molar-refractivity contribution in [2.24, 2.45) is 11.8 Å². The minimum absolute atomic E-state index is 0.0845. The van der Waals surface area contributed by atoms with Crippen LogP contribution in [-0.4, -0.2) is 22.8 Å². The van der Waals surface area contributed by atoms with E-state index in [1.54, 1.807) is 0 Å². The molecular weight excluding hydrogens is 188 g/mol. The van der Waals surface area contributed by atoms with Crippen LogP contribution in [0, 0.1) is 5.92 Å². The average molecular weight is 200 g/mol. The third-order valence-electron chi connectivity index (χ3n) is 2.31. The van der Waals surface area contributed by atoms with Crippen LogP contribution < -0.4 is 11.3 Å². The Kier molecular flexibility index (Phi) is 2.84. The van der Waals surface area contributed by atoms with E-state index in [9.17, 15) is 0 Å². The van der Waals surface area contributed by atoms with Gasteiger partial charge in [-0.1, -0.05) is 4.49 Å². The molecule has 1 saturated heterocycles. The molecule has 72 valence electrons. The molecule has 6 heteroatoms. The number of nitrogens with one attached hydrogen (secondary N) is 1. The lowest BCUT2D eigenvalue weighted by Gasteiger charge is -2.18. The second-order valence-corrected chi connectivity index (χ2v) is 3.71. The van der Waals surface area contributed by atoms with E-state index in [4.69, 9.17) is 10.6 Å². The monoisotopic (exact) mass is 200 g/mol. The Morgan fingerprint density at radius 3 is 3.23 bits per heavy atom. The van der Waals surface area contributed by atoms with Gasteiger partial charge in [-0.2, -0.15) is 0 Å². The standard InChI is InChI=1S/C7H12N4OS/c8-9-7(5-1-2-12-3-5)6-4-13-11-10-6/h4-5,7,9H,1-3,8H2. The topological polar surface area (TPSA) is 73.1 Å². The smallest absolute Gasteiger partial charge is 0.0941 e. The molecule has 0 aliphatic carbocycles. The molecule has 0 amide bonds. The molecule has 2 heterocycles. The van der Waals surface area contributed by atoms with E-state index in [0.29, 0.717) is 5.92 Å². The van der Waals surface area contributed by atoms with E-state index < -0.39 is 0 Å². The molecule has 0 radical (unpaired) electrons. The minimum Gasteiger partial charge on any atom is -0.381 e. The Bertz CT molecular complexity index is 247. The highest BCUT2D eigenvalue weighted by Gasteiger charge is 2.27. The van der Waals surface area contributed by atoms with Crippen LogP contribution in [0.4, 0.5) is 0 Å². The van der Waals surface area contributed by atoms with Gasteiger partial charge in [-0.3, -0.25) is 11.3 Å². The van der Waals surface area contributed by atoms with Crippen LogP contribution in [0.3, 0.4) is 0 Å². The van der Waals surface area contributed by atoms with Crippen LogP contribution >= 0.6 is 11.5 Å². The van der Waals surface area contributed by atoms with Crippen LogP contribution in [0.1, 0.15) is 18.2 Å². The maximum atomic E-state index is 5.48. The SMILES string of the molecule is NNC(c1csnn1)C1CCOC1. The Morgan fingerprint density at radius 2 is 2.69 bits per heavy atom. The maximum absolute atomic E-state index is 5.48. The van der Waals surface area contributed by atoms with Crippen LogP contribution in [0.2, 0.25) is 0 Å². The number of hydrogen-bond donors (Lipinski definition) is 2. The Labute approximate surface area is 80.4 Å². The molecule has 3 N–H and O–H groups in total. The van der Waals surface area contributed by atoms with E-state index in [1.807, 2.05) is 5.38 Å². The largest absolute Gasteiger partial charge is 0.381 e. The highest BCUT2D eigenvalue weighted by molar-refractivity contribution is 7.03. The quantitative estimate of drug-likeness (QED) is 0.534. The van der Waals surface area contributed by atoms with Gasteiger partial charge in [0.2, 0.25) is 0 Å². The summed E-state index contributed by atoms with van der Waals surface area (Å²) < 4.78 is 9.12. The number of nitrogens with zero attached hydrogens (tertiary/aromatic N) is 2. The molecule has 1 aromatic rings. The summed E-state index contributed by atoms with van der Waals surface area (Å²) >= 11 is 1.34. The Morgan fingerprint density at radius 1 is 1.77 bits per heavy atom. The number of hydrazine groups is 1. The zero-order valence-electron chi connectivity index (χ0n) is 7.14. The molecule has 5 nitrogen and oxygen atoms in total. The molecule has 0 aromatic carbocycles. The number of ether oxygens (including phenoxy) is 1. The highest BCUT2D eigenvalue weighted by atomic mass is 32.1. The van der Waals surface area contributed by atoms with Crippen molar-refractivity contribution in [1.82, 2.24) is 15.0 Å². The van der Waals surface area contributed by atoms with Crippen LogP contribution in [-0.2, 0) is 4.74 Å². The average Bonchev–Trinajstić information content (AvgIpc) is 2.76. The van der Waals surface area contributed by atoms with Gasteiger partial charge in [0, 0.05) is 17.9 Å². The molecule has 1 aromatic heterocycles. The molecule has 1 aliphatic heterocycles. The van der Waals surface area contributed by atoms with Crippen molar-refractivity contribution in [3.05, 3.63) is 11.1 Å². The van der Waals surface area contributed by atoms with Crippen LogP contribution in [0.15, 0.2) is 5.38 Å². The van der Waals surface area contributed by atoms with Gasteiger partial charge in [0.1, 0.15) is 0 Å². The maximum Gasteiger partial charge on any atom is 0.0941 e. The van der Waals surface area contributed by atoms with Gasteiger partial charge in [-0.25, -0.2) is 0 Å². The highest BCUT2D eigenvalue weighted by Crippen LogP contribution is 2.27. The number of nitrogens with two attached hydrogens (primary N) is 1. The lowest BCUT2D eigenvalue weighted by molar-refractivity contribution is 0.176. The zero-order valence-corrected chi connectivity index (χ0v) is 7.96. The summed E-state index contributed by atoms with van der Waals surface area (Å²) in [5.41, 5.74) is 3.69. The van der Waals surface area contributed by atoms with Crippen LogP contribution in [0.5, 0.6) is 0 Å². The molecule has 1 fully saturated rings. The molecule has 1 aliphatic rings. The first-order valence-electron chi connectivity index (χ1n) is 4.22. The van der Waals surface area contributed by atoms with Gasteiger partial charge in [-0.05, 0) is 18.0 Å². The van der Waals surface area contributed by atoms with Gasteiger partial charge >= 0.3 is 0 Å². The van der Waals surface area contributed by atoms with E-state index >= 15 is 0 Å². The van der Waals surface area contributed by atoms with Crippen molar-refractivity contribution >= 4 is 11.5 Å². The van der Waals surface area contributed by atoms with Crippen molar-refractivity contribution < 1.29 is 4.74 Å². The molecule has 2 unspecified atom stereocenters. The van der Waals surface area contributed by atoms with E-state index in [0.717, 1.165) is 25.3 Å². The predicted molar refractivity (Wildman–Crippen MR) is 48.9 cm³/mol. The number of hydrogen-bond acceptors (Lipinski definition) is 6. The van der Waals surface area contributed by atoms with Crippen molar-refractivity contribution in [1.29, 1.82) is 0 Å². The fourth-order valence-corrected chi connectivity index (χ4v) is 2.08. The van der Waals surface area contributed by atoms with Gasteiger partial charge in [0.25, 0.3) is 0 Å². The minimum atomic E-state index is 0.0845. The van der Waals surface area contributed by atoms with E-state index in [2.05, 4.69) is 15.0 Å². The van der Waals surface area contributed by atoms with Crippen molar-refractivity contribution in [2.75, 3.05) is 13.2 Å². The first-order chi connectivity index (χ1) is 6.42. The molecule has 0 bridgehead atoms. The summed E-state index contributed by atoms with van der Waals surface area (Å²) in [4.78, 5) is 0. The van der Waals surface area contributed by atoms with Crippen molar-refractivity contribution in [2.45, 2.75) is 12.5 Å². The van der Waals surface area contributed by atoms with Gasteiger partial charge in [-0.15, -0.1) is 5.10 Å². The lowest BCUT2D eigenvalue weighted by atomic mass is 9.98. The summed E-state index contributed by atoms with van der Waals surface area (Å²) in [7, 11) is 0. The summed E-state index contributed by atoms with van der Waals surface area (Å²) in [6, 6.07) is 0.0845. The molecule has 2 atom stereocenters. The predicted octanol–water partition coefficient (Wildman–Crippen LogP) is 0.0790. The second-order valence-electron chi connectivity index (χ2n) is 3.10. The third-order valence-corrected chi connectivity index (χ3v) is 2.83. The molecule has 2 rings (SSSR count). The molecular formula is C7H12N4OS. The number of rotatable bonds is 3. The Balaban J connectivity index is 2.08. The summed E-state index contributed by atoms with van der Waals surface area (Å²) in [6.45, 7) is 1.58. The van der Waals surface area contributed by atoms with Crippen LogP contribution in [0.25, 0.3) is 0 Å². The fraction of sp³-hybridized carbons (Fsp3) is 0.714. The summed E-state index contributed by atoms with van der Waals surface area (Å²) in [5.74, 6) is 5.90. The van der Waals surface area contributed by atoms with E-state index in [-0.39, 0.29) is 6.04 Å². The van der Waals surface area contributed by atoms with Crippen molar-refractivity contribution in [3.8, 4) is 0 Å². The van der Waals surface area contributed by atoms with Gasteiger partial charge in [0.15, 0.2) is 0 Å². The molecule has 13 heavy (non-hydrogen) atoms. The Hall–Kier alpha value is -0.560. The summed E-state index contributed by atoms with van der Waals surface area (Å²) in [5, 5.41) is 5.92. The first kappa shape index (κ1) is 9.01. The van der Waals surface area contributed by atoms with E-state index in [1.165, 1.54) is 11.5 Å². The summed E-state index contributed by atoms with van der Waals surface area (Å²) in [6.07, 6.45) is 1.03. The zero-order chi connectivity index (χ0) is 9.10. The first-order valence-corrected chi connectivity index (χ1v) is 5.06. The lowest BCUT2D eigenvalue weighted by Crippen LogP contribution is -2.34. The molecule has 0 saturated carbocycles. The third kappa shape index (κ3) is 1.86. The van der Waals surface area contributed by atoms with Gasteiger partial charge in [0.05, 0.1) is 18.3 Å². The number of aromatic nitrogens is 2. The normalized spacial score (nSPS) is 24.8. The molecule has 0 spiro atoms. The second kappa shape index (κ2) is 4.10. The van der Waals surface area contributed by atoms with Gasteiger partial charge < -0.3 is 4.74 Å². The van der Waals surface area contributed by atoms with Crippen molar-refractivity contribution in [3.63, 3.8) is 0 Å².